The van der Waals surface area contributed by atoms with E-state index in [4.69, 9.17) is 4.98 Å². The normalized spacial score (nSPS) is 29.6. The van der Waals surface area contributed by atoms with Crippen LogP contribution in [0.25, 0.3) is 6.08 Å². The van der Waals surface area contributed by atoms with E-state index >= 15 is 0 Å². The second kappa shape index (κ2) is 9.34. The zero-order chi connectivity index (χ0) is 22.1. The van der Waals surface area contributed by atoms with Gasteiger partial charge in [0.1, 0.15) is 0 Å². The van der Waals surface area contributed by atoms with Crippen molar-refractivity contribution in [2.24, 2.45) is 10.9 Å². The monoisotopic (exact) mass is 460 g/mol. The Morgan fingerprint density at radius 1 is 1.32 bits per heavy atom. The number of hydrogen-bond donors (Lipinski definition) is 2. The molecule has 2 heterocycles. The zero-order valence-corrected chi connectivity index (χ0v) is 20.5. The number of nitrogens with zero attached hydrogens (tertiary/aromatic N) is 4. The van der Waals surface area contributed by atoms with Gasteiger partial charge in [0.2, 0.25) is 5.91 Å². The Bertz CT molecular complexity index is 908. The van der Waals surface area contributed by atoms with Crippen LogP contribution in [0.15, 0.2) is 22.2 Å². The van der Waals surface area contributed by atoms with Gasteiger partial charge >= 0.3 is 0 Å². The number of allylic oxidation sites excluding steroid dienone is 1. The number of hydrogen-bond acceptors (Lipinski definition) is 8. The Balaban J connectivity index is 1.33. The van der Waals surface area contributed by atoms with Crippen molar-refractivity contribution in [1.82, 2.24) is 20.1 Å². The number of aliphatic imine (C=N–C) groups is 1. The molecule has 168 valence electrons. The number of amides is 1. The third kappa shape index (κ3) is 4.83. The number of thioether (sulfide) groups is 1. The lowest BCUT2D eigenvalue weighted by atomic mass is 9.86. The highest BCUT2D eigenvalue weighted by molar-refractivity contribution is 8.03. The number of thiazole rings is 1. The van der Waals surface area contributed by atoms with Crippen LogP contribution in [0.3, 0.4) is 0 Å². The van der Waals surface area contributed by atoms with Crippen LogP contribution in [-0.2, 0) is 4.79 Å². The molecule has 0 bridgehead atoms. The highest BCUT2D eigenvalue weighted by atomic mass is 32.2. The van der Waals surface area contributed by atoms with E-state index in [9.17, 15) is 4.79 Å². The summed E-state index contributed by atoms with van der Waals surface area (Å²) in [6.45, 7) is 2.13. The molecule has 2 aliphatic carbocycles. The molecule has 0 saturated heterocycles. The number of fused-ring (bicyclic) bond motifs is 1. The Labute approximate surface area is 193 Å². The first-order chi connectivity index (χ1) is 14.9. The number of nitrogens with one attached hydrogen (secondary N) is 2. The van der Waals surface area contributed by atoms with Crippen LogP contribution in [-0.4, -0.2) is 72.7 Å². The molecule has 4 rings (SSSR count). The minimum Gasteiger partial charge on any atom is -0.359 e. The Hall–Kier alpha value is -1.84. The predicted molar refractivity (Wildman–Crippen MR) is 132 cm³/mol. The van der Waals surface area contributed by atoms with Crippen molar-refractivity contribution in [3.8, 4) is 0 Å². The fourth-order valence-electron chi connectivity index (χ4n) is 4.44. The van der Waals surface area contributed by atoms with Crippen LogP contribution < -0.4 is 10.6 Å². The fraction of sp³-hybridized carbons (Fsp3) is 0.591. The molecule has 7 nitrogen and oxygen atoms in total. The first-order valence-corrected chi connectivity index (χ1v) is 12.8. The van der Waals surface area contributed by atoms with E-state index in [0.717, 1.165) is 30.1 Å². The van der Waals surface area contributed by atoms with Crippen LogP contribution in [0.4, 0.5) is 5.13 Å². The lowest BCUT2D eigenvalue weighted by Gasteiger charge is -2.30. The van der Waals surface area contributed by atoms with Crippen LogP contribution in [0.5, 0.6) is 0 Å². The van der Waals surface area contributed by atoms with Gasteiger partial charge in [0.25, 0.3) is 0 Å². The van der Waals surface area contributed by atoms with Gasteiger partial charge in [-0.1, -0.05) is 13.0 Å². The van der Waals surface area contributed by atoms with Gasteiger partial charge in [0, 0.05) is 61.3 Å². The summed E-state index contributed by atoms with van der Waals surface area (Å²) >= 11 is 3.41. The van der Waals surface area contributed by atoms with Crippen molar-refractivity contribution in [3.05, 3.63) is 27.8 Å². The number of rotatable bonds is 6. The highest BCUT2D eigenvalue weighted by Crippen LogP contribution is 2.40. The van der Waals surface area contributed by atoms with E-state index in [1.807, 2.05) is 32.5 Å². The maximum atomic E-state index is 12.5. The number of carbonyl (C=O) groups excluding carboxylic acids is 1. The van der Waals surface area contributed by atoms with Gasteiger partial charge in [-0.25, -0.2) is 4.98 Å². The summed E-state index contributed by atoms with van der Waals surface area (Å²) in [6, 6.07) is 0.834. The Morgan fingerprint density at radius 2 is 2.10 bits per heavy atom. The predicted octanol–water partition coefficient (Wildman–Crippen LogP) is 3.40. The molecule has 9 heteroatoms. The van der Waals surface area contributed by atoms with Crippen molar-refractivity contribution in [2.45, 2.75) is 50.5 Å². The summed E-state index contributed by atoms with van der Waals surface area (Å²) < 4.78 is 0. The average molecular weight is 461 g/mol. The molecule has 3 unspecified atom stereocenters. The van der Waals surface area contributed by atoms with E-state index in [-0.39, 0.29) is 24.0 Å². The van der Waals surface area contributed by atoms with Crippen molar-refractivity contribution >= 4 is 46.4 Å². The lowest BCUT2D eigenvalue weighted by molar-refractivity contribution is -0.131. The summed E-state index contributed by atoms with van der Waals surface area (Å²) in [4.78, 5) is 28.1. The molecule has 1 aromatic heterocycles. The van der Waals surface area contributed by atoms with Gasteiger partial charge in [-0.2, -0.15) is 0 Å². The molecule has 1 amide bonds. The van der Waals surface area contributed by atoms with Gasteiger partial charge in [0.05, 0.1) is 11.6 Å². The summed E-state index contributed by atoms with van der Waals surface area (Å²) in [5, 5.41) is 8.29. The summed E-state index contributed by atoms with van der Waals surface area (Å²) in [7, 11) is 5.70. The molecular formula is C22H32N6OS2. The molecule has 5 atom stereocenters. The van der Waals surface area contributed by atoms with Crippen LogP contribution >= 0.6 is 23.1 Å². The van der Waals surface area contributed by atoms with Crippen molar-refractivity contribution in [1.29, 1.82) is 0 Å². The van der Waals surface area contributed by atoms with Crippen LogP contribution in [0.1, 0.15) is 42.7 Å². The van der Waals surface area contributed by atoms with E-state index in [0.29, 0.717) is 12.1 Å². The summed E-state index contributed by atoms with van der Waals surface area (Å²) in [5.74, 6) is 0.196. The standard InChI is InChI=1S/C22H32N6OS2/c1-13-17(20(29)27(2)3)8-9-18-19(13)31-22(26-18)25-15-7-6-14(10-15)24-21-23-11-16(30-5)12-28(21)4/h8-9,11-15,17,21,24H,6-7,10H2,1-5H3,(H,25,26)/t13?,14-,15-,17?,21?/m0/s1. The minimum atomic E-state index is -0.107. The Morgan fingerprint density at radius 3 is 2.81 bits per heavy atom. The highest BCUT2D eigenvalue weighted by Gasteiger charge is 2.33. The van der Waals surface area contributed by atoms with Gasteiger partial charge in [-0.05, 0) is 31.6 Å². The largest absolute Gasteiger partial charge is 0.359 e. The molecule has 1 fully saturated rings. The quantitative estimate of drug-likeness (QED) is 0.678. The maximum Gasteiger partial charge on any atom is 0.229 e. The van der Waals surface area contributed by atoms with Crippen LogP contribution in [0.2, 0.25) is 0 Å². The molecule has 0 radical (unpaired) electrons. The maximum absolute atomic E-state index is 12.5. The number of carbonyl (C=O) groups is 1. The second-order valence-electron chi connectivity index (χ2n) is 8.75. The molecule has 2 N–H and O–H groups in total. The summed E-state index contributed by atoms with van der Waals surface area (Å²) in [6.07, 6.45) is 13.5. The molecular weight excluding hydrogens is 428 g/mol. The third-order valence-corrected chi connectivity index (χ3v) is 8.15. The first-order valence-electron chi connectivity index (χ1n) is 10.8. The molecule has 31 heavy (non-hydrogen) atoms. The van der Waals surface area contributed by atoms with E-state index in [1.165, 1.54) is 9.78 Å². The van der Waals surface area contributed by atoms with Crippen molar-refractivity contribution in [3.63, 3.8) is 0 Å². The average Bonchev–Trinajstić information content (AvgIpc) is 3.36. The van der Waals surface area contributed by atoms with Crippen molar-refractivity contribution < 1.29 is 4.79 Å². The smallest absolute Gasteiger partial charge is 0.229 e. The SMILES string of the molecule is CSC1=CN(C)C(N[C@H]2CC[C@H](Nc3nc4c(s3)C(C)C(C(=O)N(C)C)C=C4)C2)N=C1. The van der Waals surface area contributed by atoms with Gasteiger partial charge in [0.15, 0.2) is 11.4 Å². The van der Waals surface area contributed by atoms with Crippen LogP contribution in [0, 0.1) is 5.92 Å². The molecule has 1 aliphatic heterocycles. The van der Waals surface area contributed by atoms with Crippen molar-refractivity contribution in [2.75, 3.05) is 32.7 Å². The molecule has 3 aliphatic rings. The second-order valence-corrected chi connectivity index (χ2v) is 10.7. The van der Waals surface area contributed by atoms with Gasteiger partial charge in [-0.3, -0.25) is 15.1 Å². The minimum absolute atomic E-state index is 0.00369. The zero-order valence-electron chi connectivity index (χ0n) is 18.8. The summed E-state index contributed by atoms with van der Waals surface area (Å²) in [5.41, 5.74) is 1.00. The number of aromatic nitrogens is 1. The van der Waals surface area contributed by atoms with Gasteiger partial charge in [-0.15, -0.1) is 23.1 Å². The fourth-order valence-corrected chi connectivity index (χ4v) is 6.01. The number of anilines is 1. The van der Waals surface area contributed by atoms with E-state index in [1.54, 1.807) is 28.0 Å². The third-order valence-electron chi connectivity index (χ3n) is 6.26. The van der Waals surface area contributed by atoms with Gasteiger partial charge < -0.3 is 15.1 Å². The Kier molecular flexibility index (Phi) is 6.74. The van der Waals surface area contributed by atoms with E-state index in [2.05, 4.69) is 47.0 Å². The topological polar surface area (TPSA) is 72.9 Å². The first kappa shape index (κ1) is 22.4. The molecule has 1 aromatic rings. The molecule has 0 spiro atoms. The molecule has 0 aromatic carbocycles. The lowest BCUT2D eigenvalue weighted by Crippen LogP contribution is -2.45. The molecule has 1 saturated carbocycles. The van der Waals surface area contributed by atoms with E-state index < -0.39 is 0 Å².